The molecule has 0 spiro atoms. The predicted octanol–water partition coefficient (Wildman–Crippen LogP) is 1.78. The van der Waals surface area contributed by atoms with Crippen molar-refractivity contribution in [2.24, 2.45) is 0 Å². The summed E-state index contributed by atoms with van der Waals surface area (Å²) in [7, 11) is 0. The van der Waals surface area contributed by atoms with Gasteiger partial charge in [0.25, 0.3) is 0 Å². The minimum absolute atomic E-state index is 0.0803. The summed E-state index contributed by atoms with van der Waals surface area (Å²) in [6, 6.07) is 0. The third-order valence-corrected chi connectivity index (χ3v) is 2.68. The smallest absolute Gasteiger partial charge is 0.352 e. The predicted molar refractivity (Wildman–Crippen MR) is 58.1 cm³/mol. The first-order chi connectivity index (χ1) is 7.45. The number of hydrogen-bond donors (Lipinski definition) is 2. The molecule has 0 unspecified atom stereocenters. The minimum Gasteiger partial charge on any atom is -0.478 e. The molecule has 0 amide bonds. The van der Waals surface area contributed by atoms with Crippen LogP contribution in [0, 0.1) is 6.92 Å². The fourth-order valence-electron chi connectivity index (χ4n) is 2.08. The van der Waals surface area contributed by atoms with Gasteiger partial charge in [-0.05, 0) is 25.8 Å². The van der Waals surface area contributed by atoms with Gasteiger partial charge in [-0.3, -0.25) is 0 Å². The third-order valence-electron chi connectivity index (χ3n) is 2.68. The molecule has 0 bridgehead atoms. The highest BCUT2D eigenvalue weighted by molar-refractivity contribution is 5.97. The highest BCUT2D eigenvalue weighted by Crippen LogP contribution is 2.23. The van der Waals surface area contributed by atoms with Crippen LogP contribution in [0.5, 0.6) is 0 Å². The van der Waals surface area contributed by atoms with Gasteiger partial charge >= 0.3 is 11.9 Å². The molecular formula is C11H15NO4. The van der Waals surface area contributed by atoms with E-state index in [4.69, 9.17) is 10.2 Å². The summed E-state index contributed by atoms with van der Waals surface area (Å²) in [5.41, 5.74) is 1.11. The van der Waals surface area contributed by atoms with E-state index in [0.29, 0.717) is 24.2 Å². The maximum atomic E-state index is 11.1. The molecule has 1 heterocycles. The zero-order valence-corrected chi connectivity index (χ0v) is 9.57. The van der Waals surface area contributed by atoms with Gasteiger partial charge in [0.1, 0.15) is 5.69 Å². The second-order valence-electron chi connectivity index (χ2n) is 3.50. The Labute approximate surface area is 93.3 Å². The lowest BCUT2D eigenvalue weighted by Crippen LogP contribution is -2.10. The molecule has 0 fully saturated rings. The molecular weight excluding hydrogens is 210 g/mol. The van der Waals surface area contributed by atoms with Crippen molar-refractivity contribution in [3.05, 3.63) is 22.5 Å². The van der Waals surface area contributed by atoms with Gasteiger partial charge in [0.15, 0.2) is 0 Å². The van der Waals surface area contributed by atoms with E-state index in [9.17, 15) is 9.59 Å². The molecule has 1 rings (SSSR count). The summed E-state index contributed by atoms with van der Waals surface area (Å²) in [5, 5.41) is 18.2. The minimum atomic E-state index is -1.08. The van der Waals surface area contributed by atoms with Crippen LogP contribution >= 0.6 is 0 Å². The summed E-state index contributed by atoms with van der Waals surface area (Å²) in [6.07, 6.45) is 0.504. The third kappa shape index (κ3) is 1.68. The number of aromatic nitrogens is 1. The topological polar surface area (TPSA) is 79.5 Å². The number of carboxylic acid groups (broad SMARTS) is 2. The molecule has 1 aromatic rings. The summed E-state index contributed by atoms with van der Waals surface area (Å²) in [6.45, 7) is 5.62. The molecule has 1 aromatic heterocycles. The number of rotatable bonds is 4. The maximum absolute atomic E-state index is 11.1. The fourth-order valence-corrected chi connectivity index (χ4v) is 2.08. The largest absolute Gasteiger partial charge is 0.478 e. The molecule has 0 aliphatic carbocycles. The maximum Gasteiger partial charge on any atom is 0.352 e. The average Bonchev–Trinajstić information content (AvgIpc) is 2.49. The summed E-state index contributed by atoms with van der Waals surface area (Å²) in [4.78, 5) is 22.2. The van der Waals surface area contributed by atoms with Crippen molar-refractivity contribution in [1.82, 2.24) is 4.57 Å². The Balaban J connectivity index is 3.64. The summed E-state index contributed by atoms with van der Waals surface area (Å²) < 4.78 is 1.56. The van der Waals surface area contributed by atoms with Crippen molar-refractivity contribution in [2.45, 2.75) is 33.7 Å². The molecule has 88 valence electrons. The second kappa shape index (κ2) is 4.38. The lowest BCUT2D eigenvalue weighted by atomic mass is 10.1. The molecule has 0 aliphatic heterocycles. The van der Waals surface area contributed by atoms with Gasteiger partial charge in [0.05, 0.1) is 5.56 Å². The average molecular weight is 225 g/mol. The van der Waals surface area contributed by atoms with E-state index in [-0.39, 0.29) is 11.3 Å². The summed E-state index contributed by atoms with van der Waals surface area (Å²) in [5.74, 6) is -2.15. The molecule has 0 aliphatic rings. The normalized spacial score (nSPS) is 10.4. The van der Waals surface area contributed by atoms with E-state index in [1.54, 1.807) is 11.5 Å². The lowest BCUT2D eigenvalue weighted by Gasteiger charge is -2.07. The van der Waals surface area contributed by atoms with Crippen LogP contribution in [0.4, 0.5) is 0 Å². The monoisotopic (exact) mass is 225 g/mol. The molecule has 0 saturated carbocycles. The molecule has 0 aromatic carbocycles. The Bertz CT molecular complexity index is 406. The van der Waals surface area contributed by atoms with E-state index < -0.39 is 11.9 Å². The lowest BCUT2D eigenvalue weighted by molar-refractivity contribution is 0.0681. The molecule has 5 heteroatoms. The van der Waals surface area contributed by atoms with Gasteiger partial charge in [0, 0.05) is 12.2 Å². The second-order valence-corrected chi connectivity index (χ2v) is 3.50. The first kappa shape index (κ1) is 12.3. The van der Waals surface area contributed by atoms with Crippen LogP contribution in [0.15, 0.2) is 0 Å². The van der Waals surface area contributed by atoms with E-state index in [1.165, 1.54) is 6.92 Å². The molecule has 16 heavy (non-hydrogen) atoms. The molecule has 0 atom stereocenters. The van der Waals surface area contributed by atoms with Crippen molar-refractivity contribution in [2.75, 3.05) is 0 Å². The van der Waals surface area contributed by atoms with Crippen LogP contribution in [0.25, 0.3) is 0 Å². The summed E-state index contributed by atoms with van der Waals surface area (Å²) >= 11 is 0. The zero-order chi connectivity index (χ0) is 12.5. The number of carbonyl (C=O) groups is 2. The molecule has 0 radical (unpaired) electrons. The zero-order valence-electron chi connectivity index (χ0n) is 9.57. The van der Waals surface area contributed by atoms with Crippen LogP contribution in [0.2, 0.25) is 0 Å². The highest BCUT2D eigenvalue weighted by atomic mass is 16.4. The Morgan fingerprint density at radius 3 is 2.06 bits per heavy atom. The SMILES string of the molecule is CCc1c(C(=O)O)c(C)c(C(=O)O)n1CC. The highest BCUT2D eigenvalue weighted by Gasteiger charge is 2.26. The van der Waals surface area contributed by atoms with Crippen LogP contribution in [-0.2, 0) is 13.0 Å². The first-order valence-corrected chi connectivity index (χ1v) is 5.14. The van der Waals surface area contributed by atoms with Gasteiger partial charge in [-0.15, -0.1) is 0 Å². The van der Waals surface area contributed by atoms with Crippen molar-refractivity contribution < 1.29 is 19.8 Å². The van der Waals surface area contributed by atoms with Crippen molar-refractivity contribution in [1.29, 1.82) is 0 Å². The number of hydrogen-bond acceptors (Lipinski definition) is 2. The van der Waals surface area contributed by atoms with Crippen molar-refractivity contribution >= 4 is 11.9 Å². The van der Waals surface area contributed by atoms with E-state index >= 15 is 0 Å². The van der Waals surface area contributed by atoms with Crippen LogP contribution in [-0.4, -0.2) is 26.7 Å². The number of aromatic carboxylic acids is 2. The fraction of sp³-hybridized carbons (Fsp3) is 0.455. The number of nitrogens with zero attached hydrogens (tertiary/aromatic N) is 1. The Morgan fingerprint density at radius 2 is 1.75 bits per heavy atom. The first-order valence-electron chi connectivity index (χ1n) is 5.14. The van der Waals surface area contributed by atoms with Crippen molar-refractivity contribution in [3.8, 4) is 0 Å². The van der Waals surface area contributed by atoms with E-state index in [0.717, 1.165) is 0 Å². The molecule has 0 saturated heterocycles. The van der Waals surface area contributed by atoms with E-state index in [1.807, 2.05) is 6.92 Å². The van der Waals surface area contributed by atoms with Gasteiger partial charge in [0.2, 0.25) is 0 Å². The standard InChI is InChI=1S/C11H15NO4/c1-4-7-8(10(13)14)6(3)9(11(15)16)12(7)5-2/h4-5H2,1-3H3,(H,13,14)(H,15,16). The van der Waals surface area contributed by atoms with Gasteiger partial charge in [-0.2, -0.15) is 0 Å². The van der Waals surface area contributed by atoms with Gasteiger partial charge in [-0.25, -0.2) is 9.59 Å². The molecule has 5 nitrogen and oxygen atoms in total. The van der Waals surface area contributed by atoms with Crippen LogP contribution < -0.4 is 0 Å². The quantitative estimate of drug-likeness (QED) is 0.818. The number of carboxylic acids is 2. The molecule has 2 N–H and O–H groups in total. The Morgan fingerprint density at radius 1 is 1.19 bits per heavy atom. The van der Waals surface area contributed by atoms with Gasteiger partial charge < -0.3 is 14.8 Å². The Hall–Kier alpha value is -1.78. The van der Waals surface area contributed by atoms with E-state index in [2.05, 4.69) is 0 Å². The van der Waals surface area contributed by atoms with Crippen LogP contribution in [0.1, 0.15) is 46.0 Å². The van der Waals surface area contributed by atoms with Crippen molar-refractivity contribution in [3.63, 3.8) is 0 Å². The van der Waals surface area contributed by atoms with Crippen LogP contribution in [0.3, 0.4) is 0 Å². The van der Waals surface area contributed by atoms with Gasteiger partial charge in [-0.1, -0.05) is 6.92 Å². The Kier molecular flexibility index (Phi) is 3.37.